The second kappa shape index (κ2) is 6.52. The van der Waals surface area contributed by atoms with Crippen molar-refractivity contribution in [2.75, 3.05) is 19.7 Å². The SMILES string of the molecule is CC1CN(C(=O)C2CCCC(C(F)(F)F)C2)CC(CO)O1. The van der Waals surface area contributed by atoms with Crippen LogP contribution in [0.4, 0.5) is 13.2 Å². The molecule has 0 bridgehead atoms. The van der Waals surface area contributed by atoms with E-state index in [9.17, 15) is 18.0 Å². The lowest BCUT2D eigenvalue weighted by Gasteiger charge is -2.39. The predicted octanol–water partition coefficient (Wildman–Crippen LogP) is 1.96. The molecule has 0 radical (unpaired) electrons. The standard InChI is InChI=1S/C14H22F3NO3/c1-9-6-18(7-12(8-19)21-9)13(20)10-3-2-4-11(5-10)14(15,16)17/h9-12,19H,2-8H2,1H3. The molecule has 4 unspecified atom stereocenters. The molecule has 7 heteroatoms. The summed E-state index contributed by atoms with van der Waals surface area (Å²) in [4.78, 5) is 14.0. The first-order valence-electron chi connectivity index (χ1n) is 7.43. The number of hydrogen-bond acceptors (Lipinski definition) is 3. The van der Waals surface area contributed by atoms with E-state index in [4.69, 9.17) is 9.84 Å². The van der Waals surface area contributed by atoms with Gasteiger partial charge in [-0.1, -0.05) is 6.42 Å². The van der Waals surface area contributed by atoms with Crippen molar-refractivity contribution in [2.45, 2.75) is 51.0 Å². The largest absolute Gasteiger partial charge is 0.394 e. The molecule has 0 spiro atoms. The number of ether oxygens (including phenoxy) is 1. The molecule has 1 aliphatic carbocycles. The van der Waals surface area contributed by atoms with Crippen LogP contribution in [0, 0.1) is 11.8 Å². The number of amides is 1. The highest BCUT2D eigenvalue weighted by Crippen LogP contribution is 2.40. The number of rotatable bonds is 2. The average Bonchev–Trinajstić information content (AvgIpc) is 2.45. The smallest absolute Gasteiger partial charge is 0.391 e. The van der Waals surface area contributed by atoms with Gasteiger partial charge in [-0.2, -0.15) is 13.2 Å². The molecular formula is C14H22F3NO3. The third-order valence-electron chi connectivity index (χ3n) is 4.33. The van der Waals surface area contributed by atoms with Gasteiger partial charge in [-0.15, -0.1) is 0 Å². The zero-order valence-electron chi connectivity index (χ0n) is 12.1. The maximum absolute atomic E-state index is 12.8. The highest BCUT2D eigenvalue weighted by Gasteiger charge is 2.44. The van der Waals surface area contributed by atoms with Crippen LogP contribution >= 0.6 is 0 Å². The Bertz CT molecular complexity index is 375. The molecule has 21 heavy (non-hydrogen) atoms. The first-order chi connectivity index (χ1) is 9.81. The van der Waals surface area contributed by atoms with E-state index in [1.54, 1.807) is 11.8 Å². The molecule has 2 aliphatic rings. The topological polar surface area (TPSA) is 49.8 Å². The maximum atomic E-state index is 12.8. The number of halogens is 3. The van der Waals surface area contributed by atoms with Gasteiger partial charge in [-0.3, -0.25) is 4.79 Å². The van der Waals surface area contributed by atoms with Crippen LogP contribution < -0.4 is 0 Å². The van der Waals surface area contributed by atoms with Crippen molar-refractivity contribution in [2.24, 2.45) is 11.8 Å². The third-order valence-corrected chi connectivity index (χ3v) is 4.33. The maximum Gasteiger partial charge on any atom is 0.391 e. The Morgan fingerprint density at radius 1 is 1.33 bits per heavy atom. The molecule has 1 N–H and O–H groups in total. The van der Waals surface area contributed by atoms with Crippen LogP contribution in [0.15, 0.2) is 0 Å². The Balaban J connectivity index is 1.98. The fourth-order valence-electron chi connectivity index (χ4n) is 3.30. The summed E-state index contributed by atoms with van der Waals surface area (Å²) in [6.07, 6.45) is -3.92. The lowest BCUT2D eigenvalue weighted by atomic mass is 9.80. The van der Waals surface area contributed by atoms with E-state index in [0.717, 1.165) is 0 Å². The quantitative estimate of drug-likeness (QED) is 0.848. The third kappa shape index (κ3) is 4.10. The van der Waals surface area contributed by atoms with E-state index in [-0.39, 0.29) is 38.0 Å². The summed E-state index contributed by atoms with van der Waals surface area (Å²) in [5.74, 6) is -2.15. The van der Waals surface area contributed by atoms with Crippen LogP contribution in [0.1, 0.15) is 32.6 Å². The first-order valence-corrected chi connectivity index (χ1v) is 7.43. The van der Waals surface area contributed by atoms with Crippen molar-refractivity contribution in [3.05, 3.63) is 0 Å². The number of aliphatic hydroxyl groups is 1. The van der Waals surface area contributed by atoms with Gasteiger partial charge >= 0.3 is 6.18 Å². The van der Waals surface area contributed by atoms with E-state index in [0.29, 0.717) is 19.4 Å². The molecule has 4 atom stereocenters. The van der Waals surface area contributed by atoms with Gasteiger partial charge in [-0.25, -0.2) is 0 Å². The first kappa shape index (κ1) is 16.5. The van der Waals surface area contributed by atoms with Crippen LogP contribution in [0.5, 0.6) is 0 Å². The van der Waals surface area contributed by atoms with Crippen molar-refractivity contribution in [1.29, 1.82) is 0 Å². The lowest BCUT2D eigenvalue weighted by molar-refractivity contribution is -0.188. The molecule has 1 aliphatic heterocycles. The average molecular weight is 309 g/mol. The lowest BCUT2D eigenvalue weighted by Crippen LogP contribution is -2.52. The van der Waals surface area contributed by atoms with Gasteiger partial charge in [0.05, 0.1) is 24.7 Å². The van der Waals surface area contributed by atoms with Gasteiger partial charge in [-0.05, 0) is 26.2 Å². The minimum absolute atomic E-state index is 0.113. The summed E-state index contributed by atoms with van der Waals surface area (Å²) in [7, 11) is 0. The number of carbonyl (C=O) groups excluding carboxylic acids is 1. The molecule has 1 amide bonds. The molecule has 1 saturated carbocycles. The van der Waals surface area contributed by atoms with E-state index < -0.39 is 24.1 Å². The molecule has 1 heterocycles. The summed E-state index contributed by atoms with van der Waals surface area (Å²) in [6, 6.07) is 0. The molecule has 0 aromatic rings. The summed E-state index contributed by atoms with van der Waals surface area (Å²) >= 11 is 0. The van der Waals surface area contributed by atoms with Crippen LogP contribution in [0.2, 0.25) is 0 Å². The summed E-state index contributed by atoms with van der Waals surface area (Å²) in [5.41, 5.74) is 0. The number of aliphatic hydroxyl groups excluding tert-OH is 1. The van der Waals surface area contributed by atoms with E-state index in [1.165, 1.54) is 0 Å². The zero-order chi connectivity index (χ0) is 15.6. The second-order valence-corrected chi connectivity index (χ2v) is 6.10. The minimum atomic E-state index is -4.22. The van der Waals surface area contributed by atoms with Gasteiger partial charge in [0.15, 0.2) is 0 Å². The van der Waals surface area contributed by atoms with E-state index >= 15 is 0 Å². The Morgan fingerprint density at radius 3 is 2.67 bits per heavy atom. The molecular weight excluding hydrogens is 287 g/mol. The van der Waals surface area contributed by atoms with Crippen molar-refractivity contribution in [3.8, 4) is 0 Å². The van der Waals surface area contributed by atoms with Crippen LogP contribution in [0.3, 0.4) is 0 Å². The molecule has 122 valence electrons. The highest BCUT2D eigenvalue weighted by molar-refractivity contribution is 5.79. The molecule has 0 aromatic carbocycles. The van der Waals surface area contributed by atoms with Gasteiger partial charge in [0.25, 0.3) is 0 Å². The molecule has 1 saturated heterocycles. The Morgan fingerprint density at radius 2 is 2.05 bits per heavy atom. The Hall–Kier alpha value is -0.820. The monoisotopic (exact) mass is 309 g/mol. The number of morpholine rings is 1. The normalized spacial score (nSPS) is 34.8. The van der Waals surface area contributed by atoms with Gasteiger partial charge in [0.2, 0.25) is 5.91 Å². The van der Waals surface area contributed by atoms with Gasteiger partial charge in [0, 0.05) is 19.0 Å². The molecule has 2 rings (SSSR count). The minimum Gasteiger partial charge on any atom is -0.394 e. The number of alkyl halides is 3. The number of hydrogen-bond donors (Lipinski definition) is 1. The Kier molecular flexibility index (Phi) is 5.14. The fourth-order valence-corrected chi connectivity index (χ4v) is 3.30. The van der Waals surface area contributed by atoms with Crippen molar-refractivity contribution in [1.82, 2.24) is 4.90 Å². The fraction of sp³-hybridized carbons (Fsp3) is 0.929. The summed E-state index contributed by atoms with van der Waals surface area (Å²) in [5, 5.41) is 9.16. The van der Waals surface area contributed by atoms with Crippen molar-refractivity contribution in [3.63, 3.8) is 0 Å². The molecule has 2 fully saturated rings. The van der Waals surface area contributed by atoms with Crippen LogP contribution in [-0.2, 0) is 9.53 Å². The molecule has 4 nitrogen and oxygen atoms in total. The van der Waals surface area contributed by atoms with Crippen LogP contribution in [-0.4, -0.2) is 54.0 Å². The highest BCUT2D eigenvalue weighted by atomic mass is 19.4. The van der Waals surface area contributed by atoms with Crippen molar-refractivity contribution < 1.29 is 27.8 Å². The van der Waals surface area contributed by atoms with E-state index in [1.807, 2.05) is 0 Å². The van der Waals surface area contributed by atoms with Gasteiger partial charge in [0.1, 0.15) is 0 Å². The van der Waals surface area contributed by atoms with Crippen LogP contribution in [0.25, 0.3) is 0 Å². The number of nitrogens with zero attached hydrogens (tertiary/aromatic N) is 1. The Labute approximate surface area is 122 Å². The zero-order valence-corrected chi connectivity index (χ0v) is 12.1. The van der Waals surface area contributed by atoms with Gasteiger partial charge < -0.3 is 14.7 Å². The van der Waals surface area contributed by atoms with Crippen molar-refractivity contribution >= 4 is 5.91 Å². The summed E-state index contributed by atoms with van der Waals surface area (Å²) in [6.45, 7) is 2.24. The number of carbonyl (C=O) groups is 1. The van der Waals surface area contributed by atoms with E-state index in [2.05, 4.69) is 0 Å². The molecule has 0 aromatic heterocycles. The predicted molar refractivity (Wildman–Crippen MR) is 69.5 cm³/mol. The second-order valence-electron chi connectivity index (χ2n) is 6.10. The summed E-state index contributed by atoms with van der Waals surface area (Å²) < 4.78 is 43.9.